The number of carbonyl (C=O) groups is 2. The van der Waals surface area contributed by atoms with Gasteiger partial charge < -0.3 is 15.4 Å². The monoisotopic (exact) mass is 394 g/mol. The lowest BCUT2D eigenvalue weighted by Gasteiger charge is -2.14. The average Bonchev–Trinajstić information content (AvgIpc) is 3.20. The van der Waals surface area contributed by atoms with Crippen LogP contribution in [0.15, 0.2) is 53.5 Å². The first kappa shape index (κ1) is 20.5. The van der Waals surface area contributed by atoms with Gasteiger partial charge in [-0.3, -0.25) is 14.9 Å². The van der Waals surface area contributed by atoms with E-state index >= 15 is 0 Å². The van der Waals surface area contributed by atoms with Crippen LogP contribution in [-0.2, 0) is 9.53 Å². The number of amides is 2. The number of carbonyl (C=O) groups excluding carboxylic acids is 2. The number of ether oxygens (including phenoxy) is 1. The highest BCUT2D eigenvalue weighted by atomic mass is 16.5. The van der Waals surface area contributed by atoms with Crippen molar-refractivity contribution in [1.82, 2.24) is 5.32 Å². The maximum absolute atomic E-state index is 12.7. The maximum Gasteiger partial charge on any atom is 0.257 e. The third-order valence-corrected chi connectivity index (χ3v) is 4.46. The van der Waals surface area contributed by atoms with Crippen molar-refractivity contribution in [1.29, 1.82) is 0 Å². The van der Waals surface area contributed by atoms with E-state index in [1.54, 1.807) is 24.3 Å². The molecule has 3 N–H and O–H groups in total. The minimum atomic E-state index is -0.286. The molecule has 0 radical (unpaired) electrons. The number of hydrogen-bond donors (Lipinski definition) is 3. The van der Waals surface area contributed by atoms with Gasteiger partial charge in [-0.05, 0) is 61.7 Å². The predicted octanol–water partition coefficient (Wildman–Crippen LogP) is 3.33. The van der Waals surface area contributed by atoms with Gasteiger partial charge in [-0.1, -0.05) is 12.1 Å². The van der Waals surface area contributed by atoms with Crippen LogP contribution in [-0.4, -0.2) is 37.0 Å². The molecule has 7 heteroatoms. The van der Waals surface area contributed by atoms with E-state index in [1.807, 2.05) is 31.2 Å². The molecule has 0 bridgehead atoms. The van der Waals surface area contributed by atoms with Crippen LogP contribution in [0.5, 0.6) is 0 Å². The van der Waals surface area contributed by atoms with Gasteiger partial charge in [0, 0.05) is 30.5 Å². The molecular weight excluding hydrogens is 368 g/mol. The van der Waals surface area contributed by atoms with Crippen LogP contribution >= 0.6 is 0 Å². The molecule has 1 atom stereocenters. The molecule has 1 fully saturated rings. The number of nitrogens with one attached hydrogen (secondary N) is 3. The van der Waals surface area contributed by atoms with Crippen molar-refractivity contribution in [3.05, 3.63) is 59.7 Å². The highest BCUT2D eigenvalue weighted by Crippen LogP contribution is 2.14. The van der Waals surface area contributed by atoms with Gasteiger partial charge >= 0.3 is 0 Å². The topological polar surface area (TPSA) is 91.8 Å². The average molecular weight is 394 g/mol. The van der Waals surface area contributed by atoms with Crippen molar-refractivity contribution in [3.63, 3.8) is 0 Å². The Bertz CT molecular complexity index is 887. The van der Waals surface area contributed by atoms with Gasteiger partial charge in [0.15, 0.2) is 0 Å². The normalized spacial score (nSPS) is 16.3. The van der Waals surface area contributed by atoms with Gasteiger partial charge in [0.25, 0.3) is 5.91 Å². The molecule has 29 heavy (non-hydrogen) atoms. The Morgan fingerprint density at radius 1 is 1.10 bits per heavy atom. The molecule has 1 saturated heterocycles. The van der Waals surface area contributed by atoms with E-state index in [0.29, 0.717) is 23.8 Å². The molecule has 2 amide bonds. The molecule has 0 saturated carbocycles. The Kier molecular flexibility index (Phi) is 6.97. The largest absolute Gasteiger partial charge is 0.376 e. The van der Waals surface area contributed by atoms with Crippen molar-refractivity contribution in [2.75, 3.05) is 23.8 Å². The van der Waals surface area contributed by atoms with Crippen molar-refractivity contribution in [2.45, 2.75) is 32.8 Å². The zero-order valence-electron chi connectivity index (χ0n) is 16.7. The zero-order valence-corrected chi connectivity index (χ0v) is 16.7. The second-order valence-corrected chi connectivity index (χ2v) is 7.03. The van der Waals surface area contributed by atoms with Crippen LogP contribution in [0, 0.1) is 6.92 Å². The molecule has 1 aliphatic rings. The van der Waals surface area contributed by atoms with E-state index in [-0.39, 0.29) is 17.9 Å². The van der Waals surface area contributed by atoms with E-state index in [0.717, 1.165) is 30.7 Å². The predicted molar refractivity (Wildman–Crippen MR) is 114 cm³/mol. The Hall–Kier alpha value is -3.19. The van der Waals surface area contributed by atoms with Gasteiger partial charge in [0.05, 0.1) is 12.6 Å². The highest BCUT2D eigenvalue weighted by Gasteiger charge is 2.16. The van der Waals surface area contributed by atoms with Crippen LogP contribution < -0.4 is 16.0 Å². The van der Waals surface area contributed by atoms with E-state index < -0.39 is 0 Å². The maximum atomic E-state index is 12.7. The summed E-state index contributed by atoms with van der Waals surface area (Å²) in [5.74, 6) is -0.0687. The van der Waals surface area contributed by atoms with Crippen LogP contribution in [0.3, 0.4) is 0 Å². The van der Waals surface area contributed by atoms with Gasteiger partial charge in [-0.2, -0.15) is 0 Å². The van der Waals surface area contributed by atoms with E-state index in [1.165, 1.54) is 6.92 Å². The standard InChI is InChI=1S/C22H26N4O3/c1-15-5-3-6-19(13-15)25-22(23-14-20-7-4-12-29-20)26-21(28)17-8-10-18(11-9-17)24-16(2)27/h3,5-6,8-11,13,20H,4,7,12,14H2,1-2H3,(H,24,27)(H2,23,25,26,28)/t20-/m1/s1. The number of hydrogen-bond acceptors (Lipinski definition) is 4. The molecule has 3 rings (SSSR count). The summed E-state index contributed by atoms with van der Waals surface area (Å²) >= 11 is 0. The van der Waals surface area contributed by atoms with Crippen LogP contribution in [0.25, 0.3) is 0 Å². The number of nitrogens with zero attached hydrogens (tertiary/aromatic N) is 1. The fraction of sp³-hybridized carbons (Fsp3) is 0.318. The number of aliphatic imine (C=N–C) groups is 1. The van der Waals surface area contributed by atoms with Crippen molar-refractivity contribution in [3.8, 4) is 0 Å². The summed E-state index contributed by atoms with van der Waals surface area (Å²) in [6.45, 7) is 4.68. The summed E-state index contributed by atoms with van der Waals surface area (Å²) < 4.78 is 5.63. The molecule has 1 aliphatic heterocycles. The van der Waals surface area contributed by atoms with Crippen molar-refractivity contribution >= 4 is 29.1 Å². The molecule has 7 nitrogen and oxygen atoms in total. The Morgan fingerprint density at radius 3 is 2.55 bits per heavy atom. The molecule has 0 aromatic heterocycles. The number of anilines is 2. The number of aryl methyl sites for hydroxylation is 1. The first-order chi connectivity index (χ1) is 14.0. The fourth-order valence-electron chi connectivity index (χ4n) is 3.04. The molecule has 0 spiro atoms. The van der Waals surface area contributed by atoms with Crippen LogP contribution in [0.2, 0.25) is 0 Å². The first-order valence-corrected chi connectivity index (χ1v) is 9.68. The van der Waals surface area contributed by atoms with Crippen molar-refractivity contribution in [2.24, 2.45) is 4.99 Å². The summed E-state index contributed by atoms with van der Waals surface area (Å²) in [7, 11) is 0. The quantitative estimate of drug-likeness (QED) is 0.536. The molecule has 2 aromatic rings. The molecule has 0 aliphatic carbocycles. The summed E-state index contributed by atoms with van der Waals surface area (Å²) in [5.41, 5.74) is 3.06. The van der Waals surface area contributed by atoms with Crippen molar-refractivity contribution < 1.29 is 14.3 Å². The zero-order chi connectivity index (χ0) is 20.6. The SMILES string of the molecule is CC(=O)Nc1ccc(C(=O)NC(=NC[C@H]2CCCO2)Nc2cccc(C)c2)cc1. The van der Waals surface area contributed by atoms with Gasteiger partial charge in [0.1, 0.15) is 0 Å². The Balaban J connectivity index is 1.71. The van der Waals surface area contributed by atoms with E-state index in [4.69, 9.17) is 4.74 Å². The Morgan fingerprint density at radius 2 is 1.90 bits per heavy atom. The van der Waals surface area contributed by atoms with Gasteiger partial charge in [-0.25, -0.2) is 4.99 Å². The number of benzene rings is 2. The first-order valence-electron chi connectivity index (χ1n) is 9.68. The third-order valence-electron chi connectivity index (χ3n) is 4.46. The van der Waals surface area contributed by atoms with Crippen LogP contribution in [0.4, 0.5) is 11.4 Å². The minimum absolute atomic E-state index is 0.0816. The second-order valence-electron chi connectivity index (χ2n) is 7.03. The second kappa shape index (κ2) is 9.84. The molecule has 1 heterocycles. The van der Waals surface area contributed by atoms with Crippen LogP contribution in [0.1, 0.15) is 35.7 Å². The third kappa shape index (κ3) is 6.43. The Labute approximate surface area is 170 Å². The number of guanidine groups is 1. The summed E-state index contributed by atoms with van der Waals surface area (Å²) in [6, 6.07) is 14.5. The molecule has 0 unspecified atom stereocenters. The molecular formula is C22H26N4O3. The number of rotatable bonds is 5. The highest BCUT2D eigenvalue weighted by molar-refractivity contribution is 6.10. The van der Waals surface area contributed by atoms with Gasteiger partial charge in [0.2, 0.25) is 11.9 Å². The summed E-state index contributed by atoms with van der Waals surface area (Å²) in [6.07, 6.45) is 2.09. The molecule has 2 aromatic carbocycles. The van der Waals surface area contributed by atoms with E-state index in [9.17, 15) is 9.59 Å². The fourth-order valence-corrected chi connectivity index (χ4v) is 3.04. The lowest BCUT2D eigenvalue weighted by Crippen LogP contribution is -2.36. The molecule has 152 valence electrons. The van der Waals surface area contributed by atoms with E-state index in [2.05, 4.69) is 20.9 Å². The lowest BCUT2D eigenvalue weighted by atomic mass is 10.2. The lowest BCUT2D eigenvalue weighted by molar-refractivity contribution is -0.114. The summed E-state index contributed by atoms with van der Waals surface area (Å²) in [5, 5.41) is 8.71. The smallest absolute Gasteiger partial charge is 0.257 e. The van der Waals surface area contributed by atoms with Gasteiger partial charge in [-0.15, -0.1) is 0 Å². The summed E-state index contributed by atoms with van der Waals surface area (Å²) in [4.78, 5) is 28.4. The minimum Gasteiger partial charge on any atom is -0.376 e.